The minimum Gasteiger partial charge on any atom is -0.381 e. The maximum atomic E-state index is 5.43. The molecule has 0 amide bonds. The van der Waals surface area contributed by atoms with Crippen LogP contribution in [0.25, 0.3) is 0 Å². The van der Waals surface area contributed by atoms with Gasteiger partial charge in [0.05, 0.1) is 13.2 Å². The lowest BCUT2D eigenvalue weighted by Crippen LogP contribution is -2.42. The second-order valence-corrected chi connectivity index (χ2v) is 5.11. The number of morpholine rings is 1. The zero-order chi connectivity index (χ0) is 11.8. The highest BCUT2D eigenvalue weighted by Gasteiger charge is 2.14. The van der Waals surface area contributed by atoms with E-state index in [1.165, 1.54) is 25.7 Å². The monoisotopic (exact) mass is 242 g/mol. The Hall–Kier alpha value is -0.160. The zero-order valence-electron chi connectivity index (χ0n) is 10.7. The lowest BCUT2D eigenvalue weighted by Gasteiger charge is -2.24. The summed E-state index contributed by atoms with van der Waals surface area (Å²) in [6.45, 7) is 6.94. The van der Waals surface area contributed by atoms with Crippen molar-refractivity contribution in [2.24, 2.45) is 5.92 Å². The van der Waals surface area contributed by atoms with Gasteiger partial charge in [-0.15, -0.1) is 0 Å². The van der Waals surface area contributed by atoms with Crippen LogP contribution in [0.5, 0.6) is 0 Å². The normalized spacial score (nSPS) is 27.2. The van der Waals surface area contributed by atoms with Crippen molar-refractivity contribution >= 4 is 0 Å². The van der Waals surface area contributed by atoms with Crippen LogP contribution in [0.2, 0.25) is 0 Å². The molecule has 4 nitrogen and oxygen atoms in total. The lowest BCUT2D eigenvalue weighted by molar-refractivity contribution is 0.0635. The van der Waals surface area contributed by atoms with Gasteiger partial charge in [0.25, 0.3) is 0 Å². The van der Waals surface area contributed by atoms with Crippen LogP contribution in [0, 0.1) is 5.92 Å². The Balaban J connectivity index is 1.42. The fraction of sp³-hybridized carbons (Fsp3) is 1.00. The summed E-state index contributed by atoms with van der Waals surface area (Å²) in [7, 11) is 0. The molecule has 0 aromatic rings. The summed E-state index contributed by atoms with van der Waals surface area (Å²) in [6, 6.07) is 0.555. The average molecular weight is 242 g/mol. The fourth-order valence-corrected chi connectivity index (χ4v) is 2.55. The Bertz CT molecular complexity index is 170. The van der Waals surface area contributed by atoms with Crippen molar-refractivity contribution in [3.8, 4) is 0 Å². The summed E-state index contributed by atoms with van der Waals surface area (Å²) in [6.07, 6.45) is 4.98. The summed E-state index contributed by atoms with van der Waals surface area (Å²) >= 11 is 0. The summed E-state index contributed by atoms with van der Waals surface area (Å²) < 4.78 is 10.8. The van der Waals surface area contributed by atoms with Gasteiger partial charge in [0.15, 0.2) is 0 Å². The largest absolute Gasteiger partial charge is 0.381 e. The third kappa shape index (κ3) is 5.34. The predicted octanol–water partition coefficient (Wildman–Crippen LogP) is 0.771. The van der Waals surface area contributed by atoms with Gasteiger partial charge in [0.2, 0.25) is 0 Å². The molecule has 100 valence electrons. The van der Waals surface area contributed by atoms with Crippen LogP contribution in [0.3, 0.4) is 0 Å². The van der Waals surface area contributed by atoms with Crippen LogP contribution < -0.4 is 10.6 Å². The maximum Gasteiger partial charge on any atom is 0.0620 e. The molecule has 2 aliphatic heterocycles. The minimum atomic E-state index is 0.555. The van der Waals surface area contributed by atoms with Crippen LogP contribution in [0.4, 0.5) is 0 Å². The number of hydrogen-bond donors (Lipinski definition) is 2. The van der Waals surface area contributed by atoms with Gasteiger partial charge in [-0.05, 0) is 44.7 Å². The molecule has 2 saturated heterocycles. The number of nitrogens with one attached hydrogen (secondary N) is 2. The van der Waals surface area contributed by atoms with E-state index in [4.69, 9.17) is 9.47 Å². The van der Waals surface area contributed by atoms with E-state index in [1.807, 2.05) is 0 Å². The van der Waals surface area contributed by atoms with Crippen molar-refractivity contribution in [2.75, 3.05) is 46.1 Å². The highest BCUT2D eigenvalue weighted by Crippen LogP contribution is 2.17. The first kappa shape index (κ1) is 13.3. The number of hydrogen-bond acceptors (Lipinski definition) is 4. The number of ether oxygens (including phenoxy) is 2. The third-order valence-corrected chi connectivity index (χ3v) is 3.74. The van der Waals surface area contributed by atoms with E-state index in [1.54, 1.807) is 0 Å². The predicted molar refractivity (Wildman–Crippen MR) is 68.3 cm³/mol. The fourth-order valence-electron chi connectivity index (χ4n) is 2.55. The van der Waals surface area contributed by atoms with Crippen LogP contribution in [-0.2, 0) is 9.47 Å². The molecule has 0 spiro atoms. The van der Waals surface area contributed by atoms with Crippen molar-refractivity contribution in [3.63, 3.8) is 0 Å². The van der Waals surface area contributed by atoms with Gasteiger partial charge in [0, 0.05) is 25.8 Å². The summed E-state index contributed by atoms with van der Waals surface area (Å²) in [4.78, 5) is 0. The molecule has 2 rings (SSSR count). The highest BCUT2D eigenvalue weighted by atomic mass is 16.5. The summed E-state index contributed by atoms with van der Waals surface area (Å²) in [5.41, 5.74) is 0. The van der Waals surface area contributed by atoms with E-state index in [9.17, 15) is 0 Å². The zero-order valence-corrected chi connectivity index (χ0v) is 10.7. The molecule has 0 aromatic carbocycles. The second-order valence-electron chi connectivity index (χ2n) is 5.11. The SMILES string of the molecule is C(CC1CCOCC1)NCCC1COCCN1. The number of rotatable bonds is 6. The lowest BCUT2D eigenvalue weighted by atomic mass is 9.97. The van der Waals surface area contributed by atoms with Crippen molar-refractivity contribution < 1.29 is 9.47 Å². The summed E-state index contributed by atoms with van der Waals surface area (Å²) in [5, 5.41) is 7.02. The molecule has 0 aromatic heterocycles. The molecule has 2 N–H and O–H groups in total. The maximum absolute atomic E-state index is 5.43. The standard InChI is InChI=1S/C13H26N2O2/c1(12-3-8-16-9-4-12)5-14-6-2-13-11-17-10-7-15-13/h12-15H,1-11H2. The minimum absolute atomic E-state index is 0.555. The Morgan fingerprint density at radius 3 is 2.59 bits per heavy atom. The highest BCUT2D eigenvalue weighted by molar-refractivity contribution is 4.71. The molecule has 4 heteroatoms. The van der Waals surface area contributed by atoms with Gasteiger partial charge in [-0.2, -0.15) is 0 Å². The summed E-state index contributed by atoms with van der Waals surface area (Å²) in [5.74, 6) is 0.882. The molecule has 1 unspecified atom stereocenters. The van der Waals surface area contributed by atoms with E-state index in [0.717, 1.165) is 52.0 Å². The molecule has 0 radical (unpaired) electrons. The van der Waals surface area contributed by atoms with Crippen LogP contribution in [0.15, 0.2) is 0 Å². The first-order valence-corrected chi connectivity index (χ1v) is 7.05. The molecule has 0 aliphatic carbocycles. The van der Waals surface area contributed by atoms with Gasteiger partial charge in [-0.25, -0.2) is 0 Å². The van der Waals surface area contributed by atoms with E-state index in [0.29, 0.717) is 6.04 Å². The van der Waals surface area contributed by atoms with Crippen molar-refractivity contribution in [1.29, 1.82) is 0 Å². The Morgan fingerprint density at radius 1 is 1.00 bits per heavy atom. The van der Waals surface area contributed by atoms with Crippen molar-refractivity contribution in [2.45, 2.75) is 31.7 Å². The Morgan fingerprint density at radius 2 is 1.82 bits per heavy atom. The molecule has 2 fully saturated rings. The van der Waals surface area contributed by atoms with E-state index >= 15 is 0 Å². The van der Waals surface area contributed by atoms with Crippen molar-refractivity contribution in [3.05, 3.63) is 0 Å². The van der Waals surface area contributed by atoms with Crippen molar-refractivity contribution in [1.82, 2.24) is 10.6 Å². The van der Waals surface area contributed by atoms with E-state index in [2.05, 4.69) is 10.6 Å². The molecule has 0 saturated carbocycles. The Kier molecular flexibility index (Phi) is 6.27. The molecular formula is C13H26N2O2. The molecule has 0 bridgehead atoms. The van der Waals surface area contributed by atoms with E-state index in [-0.39, 0.29) is 0 Å². The second kappa shape index (κ2) is 8.03. The van der Waals surface area contributed by atoms with Gasteiger partial charge in [0.1, 0.15) is 0 Å². The average Bonchev–Trinajstić information content (AvgIpc) is 2.41. The van der Waals surface area contributed by atoms with Gasteiger partial charge >= 0.3 is 0 Å². The first-order valence-electron chi connectivity index (χ1n) is 7.05. The molecule has 1 atom stereocenters. The van der Waals surface area contributed by atoms with Gasteiger partial charge in [-0.1, -0.05) is 0 Å². The molecular weight excluding hydrogens is 216 g/mol. The van der Waals surface area contributed by atoms with Gasteiger partial charge in [-0.3, -0.25) is 0 Å². The molecule has 17 heavy (non-hydrogen) atoms. The van der Waals surface area contributed by atoms with E-state index < -0.39 is 0 Å². The van der Waals surface area contributed by atoms with Crippen LogP contribution >= 0.6 is 0 Å². The van der Waals surface area contributed by atoms with Gasteiger partial charge < -0.3 is 20.1 Å². The van der Waals surface area contributed by atoms with Crippen LogP contribution in [-0.4, -0.2) is 52.1 Å². The first-order chi connectivity index (χ1) is 8.45. The topological polar surface area (TPSA) is 42.5 Å². The quantitative estimate of drug-likeness (QED) is 0.675. The third-order valence-electron chi connectivity index (χ3n) is 3.74. The van der Waals surface area contributed by atoms with Crippen LogP contribution in [0.1, 0.15) is 25.7 Å². The molecule has 2 aliphatic rings. The smallest absolute Gasteiger partial charge is 0.0620 e. The molecule has 2 heterocycles. The Labute approximate surface area is 104 Å².